The van der Waals surface area contributed by atoms with Crippen LogP contribution in [0, 0.1) is 5.41 Å². The second-order valence-electron chi connectivity index (χ2n) is 4.90. The summed E-state index contributed by atoms with van der Waals surface area (Å²) in [7, 11) is 0. The predicted octanol–water partition coefficient (Wildman–Crippen LogP) is 2.37. The first-order valence-corrected chi connectivity index (χ1v) is 6.72. The normalized spacial score (nSPS) is 13.5. The van der Waals surface area contributed by atoms with Gasteiger partial charge in [-0.3, -0.25) is 0 Å². The third-order valence-corrected chi connectivity index (χ3v) is 2.98. The molecule has 0 aliphatic rings. The number of rotatable bonds is 8. The van der Waals surface area contributed by atoms with Crippen LogP contribution in [0.1, 0.15) is 40.5 Å². The van der Waals surface area contributed by atoms with Gasteiger partial charge in [-0.25, -0.2) is 9.59 Å². The van der Waals surface area contributed by atoms with Crippen molar-refractivity contribution >= 4 is 12.2 Å². The van der Waals surface area contributed by atoms with Crippen molar-refractivity contribution in [2.24, 2.45) is 11.1 Å². The first kappa shape index (κ1) is 17.5. The fourth-order valence-electron chi connectivity index (χ4n) is 1.84. The highest BCUT2D eigenvalue weighted by Gasteiger charge is 2.28. The number of hydrogen-bond donors (Lipinski definition) is 1. The first-order valence-electron chi connectivity index (χ1n) is 6.72. The second-order valence-corrected chi connectivity index (χ2v) is 4.90. The van der Waals surface area contributed by atoms with Crippen LogP contribution in [0.3, 0.4) is 0 Å². The number of carbonyl (C=O) groups excluding carboxylic acids is 2. The summed E-state index contributed by atoms with van der Waals surface area (Å²) in [6, 6.07) is 0. The number of nitrogens with zero attached hydrogens (tertiary/aromatic N) is 1. The Morgan fingerprint density at radius 2 is 1.63 bits per heavy atom. The minimum atomic E-state index is -0.808. The standard InChI is InChI=1S/C13H26N2O4/c1-5-8-13(4,9-18-11(14)16)10-19-12(17)15(6-2)7-3/h5-10H2,1-4H3,(H2,14,16). The van der Waals surface area contributed by atoms with Gasteiger partial charge in [0.2, 0.25) is 0 Å². The summed E-state index contributed by atoms with van der Waals surface area (Å²) in [6.45, 7) is 9.31. The van der Waals surface area contributed by atoms with Crippen LogP contribution < -0.4 is 5.73 Å². The molecule has 6 heteroatoms. The summed E-state index contributed by atoms with van der Waals surface area (Å²) in [6.07, 6.45) is 0.538. The van der Waals surface area contributed by atoms with E-state index in [1.807, 2.05) is 27.7 Å². The van der Waals surface area contributed by atoms with Gasteiger partial charge in [0.25, 0.3) is 0 Å². The van der Waals surface area contributed by atoms with Crippen molar-refractivity contribution in [2.45, 2.75) is 40.5 Å². The monoisotopic (exact) mass is 274 g/mol. The van der Waals surface area contributed by atoms with E-state index in [1.54, 1.807) is 4.90 Å². The average molecular weight is 274 g/mol. The van der Waals surface area contributed by atoms with Crippen molar-refractivity contribution in [1.29, 1.82) is 0 Å². The molecule has 0 bridgehead atoms. The number of hydrogen-bond acceptors (Lipinski definition) is 4. The molecule has 0 saturated carbocycles. The van der Waals surface area contributed by atoms with E-state index in [9.17, 15) is 9.59 Å². The van der Waals surface area contributed by atoms with E-state index < -0.39 is 11.5 Å². The van der Waals surface area contributed by atoms with E-state index >= 15 is 0 Å². The Morgan fingerprint density at radius 1 is 1.11 bits per heavy atom. The van der Waals surface area contributed by atoms with Crippen LogP contribution >= 0.6 is 0 Å². The Hall–Kier alpha value is -1.46. The minimum Gasteiger partial charge on any atom is -0.449 e. The van der Waals surface area contributed by atoms with Gasteiger partial charge < -0.3 is 20.1 Å². The van der Waals surface area contributed by atoms with Crippen molar-refractivity contribution < 1.29 is 19.1 Å². The van der Waals surface area contributed by atoms with Gasteiger partial charge in [0.15, 0.2) is 0 Å². The molecule has 6 nitrogen and oxygen atoms in total. The molecule has 0 aromatic carbocycles. The van der Waals surface area contributed by atoms with Crippen LogP contribution in [0.4, 0.5) is 9.59 Å². The highest BCUT2D eigenvalue weighted by Crippen LogP contribution is 2.24. The maximum absolute atomic E-state index is 11.8. The van der Waals surface area contributed by atoms with E-state index in [-0.39, 0.29) is 19.3 Å². The van der Waals surface area contributed by atoms with E-state index in [0.29, 0.717) is 13.1 Å². The molecule has 0 spiro atoms. The number of ether oxygens (including phenoxy) is 2. The topological polar surface area (TPSA) is 81.9 Å². The van der Waals surface area contributed by atoms with E-state index in [2.05, 4.69) is 0 Å². The summed E-state index contributed by atoms with van der Waals surface area (Å²) < 4.78 is 10.1. The lowest BCUT2D eigenvalue weighted by atomic mass is 9.87. The zero-order valence-corrected chi connectivity index (χ0v) is 12.4. The molecule has 2 amide bonds. The van der Waals surface area contributed by atoms with Gasteiger partial charge in [0, 0.05) is 18.5 Å². The molecule has 2 N–H and O–H groups in total. The molecule has 0 aliphatic heterocycles. The van der Waals surface area contributed by atoms with Crippen LogP contribution in [0.2, 0.25) is 0 Å². The van der Waals surface area contributed by atoms with Gasteiger partial charge >= 0.3 is 12.2 Å². The van der Waals surface area contributed by atoms with Crippen molar-refractivity contribution in [3.63, 3.8) is 0 Å². The van der Waals surface area contributed by atoms with Gasteiger partial charge in [0.1, 0.15) is 13.2 Å². The molecule has 0 aliphatic carbocycles. The summed E-state index contributed by atoms with van der Waals surface area (Å²) >= 11 is 0. The maximum Gasteiger partial charge on any atom is 0.409 e. The predicted molar refractivity (Wildman–Crippen MR) is 72.8 cm³/mol. The summed E-state index contributed by atoms with van der Waals surface area (Å²) in [5, 5.41) is 0. The molecule has 1 unspecified atom stereocenters. The molecule has 0 saturated heterocycles. The van der Waals surface area contributed by atoms with Gasteiger partial charge in [-0.1, -0.05) is 20.3 Å². The number of nitrogens with two attached hydrogens (primary N) is 1. The number of amides is 2. The lowest BCUT2D eigenvalue weighted by molar-refractivity contribution is 0.0220. The largest absolute Gasteiger partial charge is 0.449 e. The van der Waals surface area contributed by atoms with Gasteiger partial charge in [-0.2, -0.15) is 0 Å². The Balaban J connectivity index is 4.40. The molecule has 0 rings (SSSR count). The zero-order chi connectivity index (χ0) is 14.9. The SMILES string of the molecule is CCCC(C)(COC(N)=O)COC(=O)N(CC)CC. The van der Waals surface area contributed by atoms with Gasteiger partial charge in [0.05, 0.1) is 0 Å². The molecule has 1 atom stereocenters. The highest BCUT2D eigenvalue weighted by atomic mass is 16.6. The van der Waals surface area contributed by atoms with Crippen LogP contribution in [0.25, 0.3) is 0 Å². The van der Waals surface area contributed by atoms with E-state index in [1.165, 1.54) is 0 Å². The second kappa shape index (κ2) is 8.61. The summed E-state index contributed by atoms with van der Waals surface area (Å²) in [4.78, 5) is 24.0. The van der Waals surface area contributed by atoms with Crippen molar-refractivity contribution in [3.8, 4) is 0 Å². The van der Waals surface area contributed by atoms with Crippen LogP contribution in [0.15, 0.2) is 0 Å². The maximum atomic E-state index is 11.8. The molecule has 0 heterocycles. The molecule has 0 aromatic heterocycles. The molecular weight excluding hydrogens is 248 g/mol. The van der Waals surface area contributed by atoms with E-state index in [4.69, 9.17) is 15.2 Å². The Bertz CT molecular complexity index is 292. The highest BCUT2D eigenvalue weighted by molar-refractivity contribution is 5.67. The Morgan fingerprint density at radius 3 is 2.05 bits per heavy atom. The van der Waals surface area contributed by atoms with Crippen LogP contribution in [-0.2, 0) is 9.47 Å². The third kappa shape index (κ3) is 6.88. The third-order valence-electron chi connectivity index (χ3n) is 2.98. The van der Waals surface area contributed by atoms with Crippen molar-refractivity contribution in [1.82, 2.24) is 4.90 Å². The molecule has 112 valence electrons. The smallest absolute Gasteiger partial charge is 0.409 e. The fraction of sp³-hybridized carbons (Fsp3) is 0.846. The molecule has 0 fully saturated rings. The van der Waals surface area contributed by atoms with Crippen molar-refractivity contribution in [2.75, 3.05) is 26.3 Å². The van der Waals surface area contributed by atoms with E-state index in [0.717, 1.165) is 12.8 Å². The van der Waals surface area contributed by atoms with Gasteiger partial charge in [-0.15, -0.1) is 0 Å². The molecular formula is C13H26N2O4. The van der Waals surface area contributed by atoms with Gasteiger partial charge in [-0.05, 0) is 20.3 Å². The number of primary amides is 1. The summed E-state index contributed by atoms with van der Waals surface area (Å²) in [5.41, 5.74) is 4.57. The Labute approximate surface area is 115 Å². The molecule has 0 radical (unpaired) electrons. The molecule has 19 heavy (non-hydrogen) atoms. The van der Waals surface area contributed by atoms with Crippen LogP contribution in [-0.4, -0.2) is 43.4 Å². The van der Waals surface area contributed by atoms with Crippen molar-refractivity contribution in [3.05, 3.63) is 0 Å². The lowest BCUT2D eigenvalue weighted by Gasteiger charge is -2.29. The number of carbonyl (C=O) groups is 2. The zero-order valence-electron chi connectivity index (χ0n) is 12.4. The first-order chi connectivity index (χ1) is 8.88. The minimum absolute atomic E-state index is 0.154. The fourth-order valence-corrected chi connectivity index (χ4v) is 1.84. The quantitative estimate of drug-likeness (QED) is 0.736. The van der Waals surface area contributed by atoms with Crippen LogP contribution in [0.5, 0.6) is 0 Å². The average Bonchev–Trinajstić information content (AvgIpc) is 2.36. The lowest BCUT2D eigenvalue weighted by Crippen LogP contribution is -2.37. The molecule has 0 aromatic rings. The Kier molecular flexibility index (Phi) is 7.95. The summed E-state index contributed by atoms with van der Waals surface area (Å²) in [5.74, 6) is 0.